The molecule has 114 valence electrons. The smallest absolute Gasteiger partial charge is 0.227 e. The van der Waals surface area contributed by atoms with Gasteiger partial charge in [-0.15, -0.1) is 0 Å². The number of nitrogens with zero attached hydrogens (tertiary/aromatic N) is 1. The van der Waals surface area contributed by atoms with Crippen LogP contribution in [0.25, 0.3) is 0 Å². The summed E-state index contributed by atoms with van der Waals surface area (Å²) in [4.78, 5) is 14.1. The average molecular weight is 287 g/mol. The van der Waals surface area contributed by atoms with Crippen molar-refractivity contribution in [1.29, 1.82) is 0 Å². The van der Waals surface area contributed by atoms with Gasteiger partial charge in [-0.3, -0.25) is 4.79 Å². The van der Waals surface area contributed by atoms with Crippen molar-refractivity contribution in [2.24, 2.45) is 11.8 Å². The second-order valence-corrected chi connectivity index (χ2v) is 6.49. The Morgan fingerprint density at radius 2 is 1.90 bits per heavy atom. The fraction of sp³-hybridized carbons (Fsp3) is 0.588. The molecule has 21 heavy (non-hydrogen) atoms. The van der Waals surface area contributed by atoms with Crippen LogP contribution in [0.2, 0.25) is 0 Å². The molecular formula is C17H25N3O. The molecular weight excluding hydrogens is 262 g/mol. The van der Waals surface area contributed by atoms with Gasteiger partial charge in [-0.1, -0.05) is 0 Å². The number of likely N-dealkylation sites (tertiary alicyclic amines) is 1. The van der Waals surface area contributed by atoms with Crippen molar-refractivity contribution in [3.63, 3.8) is 0 Å². The van der Waals surface area contributed by atoms with Crippen molar-refractivity contribution >= 4 is 17.3 Å². The molecule has 1 aliphatic heterocycles. The summed E-state index contributed by atoms with van der Waals surface area (Å²) < 4.78 is 0. The molecule has 2 fully saturated rings. The molecule has 2 N–H and O–H groups in total. The van der Waals surface area contributed by atoms with E-state index in [1.807, 2.05) is 12.1 Å². The van der Waals surface area contributed by atoms with Gasteiger partial charge in [0.2, 0.25) is 5.91 Å². The first-order chi connectivity index (χ1) is 10.2. The minimum Gasteiger partial charge on any atom is -0.385 e. The highest BCUT2D eigenvalue weighted by Gasteiger charge is 2.29. The summed E-state index contributed by atoms with van der Waals surface area (Å²) in [5.74, 6) is 1.16. The van der Waals surface area contributed by atoms with Gasteiger partial charge in [0.25, 0.3) is 0 Å². The van der Waals surface area contributed by atoms with E-state index in [9.17, 15) is 4.79 Å². The number of benzene rings is 1. The summed E-state index contributed by atoms with van der Waals surface area (Å²) in [6, 6.07) is 8.06. The summed E-state index contributed by atoms with van der Waals surface area (Å²) >= 11 is 0. The SMILES string of the molecule is CN1CCCC(CNc2ccc(NC(=O)C3CC3)cc2)C1. The lowest BCUT2D eigenvalue weighted by Gasteiger charge is -2.30. The van der Waals surface area contributed by atoms with E-state index < -0.39 is 0 Å². The molecule has 4 nitrogen and oxygen atoms in total. The first-order valence-corrected chi connectivity index (χ1v) is 8.04. The second-order valence-electron chi connectivity index (χ2n) is 6.49. The highest BCUT2D eigenvalue weighted by Crippen LogP contribution is 2.30. The lowest BCUT2D eigenvalue weighted by atomic mass is 9.98. The van der Waals surface area contributed by atoms with Gasteiger partial charge in [0.1, 0.15) is 0 Å². The molecule has 3 rings (SSSR count). The lowest BCUT2D eigenvalue weighted by molar-refractivity contribution is -0.117. The fourth-order valence-electron chi connectivity index (χ4n) is 2.96. The standard InChI is InChI=1S/C17H25N3O/c1-20-10-2-3-13(12-20)11-18-15-6-8-16(9-7-15)19-17(21)14-4-5-14/h6-9,13-14,18H,2-5,10-12H2,1H3,(H,19,21). The normalized spacial score (nSPS) is 22.8. The lowest BCUT2D eigenvalue weighted by Crippen LogP contribution is -2.35. The third-order valence-corrected chi connectivity index (χ3v) is 4.42. The van der Waals surface area contributed by atoms with Gasteiger partial charge in [-0.05, 0) is 69.5 Å². The van der Waals surface area contributed by atoms with E-state index in [1.54, 1.807) is 0 Å². The van der Waals surface area contributed by atoms with E-state index in [0.29, 0.717) is 0 Å². The van der Waals surface area contributed by atoms with Crippen LogP contribution in [-0.4, -0.2) is 37.5 Å². The van der Waals surface area contributed by atoms with Crippen LogP contribution in [0.3, 0.4) is 0 Å². The van der Waals surface area contributed by atoms with Crippen LogP contribution >= 0.6 is 0 Å². The van der Waals surface area contributed by atoms with Gasteiger partial charge in [0.15, 0.2) is 0 Å². The monoisotopic (exact) mass is 287 g/mol. The average Bonchev–Trinajstić information content (AvgIpc) is 3.31. The van der Waals surface area contributed by atoms with E-state index >= 15 is 0 Å². The van der Waals surface area contributed by atoms with Gasteiger partial charge in [-0.2, -0.15) is 0 Å². The zero-order valence-corrected chi connectivity index (χ0v) is 12.8. The number of carbonyl (C=O) groups excluding carboxylic acids is 1. The minimum atomic E-state index is 0.168. The number of amides is 1. The number of hydrogen-bond donors (Lipinski definition) is 2. The largest absolute Gasteiger partial charge is 0.385 e. The molecule has 1 aliphatic carbocycles. The quantitative estimate of drug-likeness (QED) is 0.875. The fourth-order valence-corrected chi connectivity index (χ4v) is 2.96. The molecule has 1 amide bonds. The number of nitrogens with one attached hydrogen (secondary N) is 2. The molecule has 2 aliphatic rings. The molecule has 1 aromatic carbocycles. The van der Waals surface area contributed by atoms with Crippen molar-refractivity contribution in [3.8, 4) is 0 Å². The van der Waals surface area contributed by atoms with E-state index in [2.05, 4.69) is 34.7 Å². The summed E-state index contributed by atoms with van der Waals surface area (Å²) in [5.41, 5.74) is 2.03. The maximum atomic E-state index is 11.7. The molecule has 1 saturated heterocycles. The van der Waals surface area contributed by atoms with Crippen molar-refractivity contribution in [2.75, 3.05) is 37.3 Å². The highest BCUT2D eigenvalue weighted by atomic mass is 16.2. The van der Waals surface area contributed by atoms with Crippen LogP contribution in [0.5, 0.6) is 0 Å². The van der Waals surface area contributed by atoms with Crippen LogP contribution in [0.15, 0.2) is 24.3 Å². The van der Waals surface area contributed by atoms with Gasteiger partial charge >= 0.3 is 0 Å². The summed E-state index contributed by atoms with van der Waals surface area (Å²) in [7, 11) is 2.20. The Labute approximate surface area is 126 Å². The predicted molar refractivity (Wildman–Crippen MR) is 86.5 cm³/mol. The van der Waals surface area contributed by atoms with E-state index in [1.165, 1.54) is 25.9 Å². The molecule has 0 aromatic heterocycles. The third kappa shape index (κ3) is 4.21. The molecule has 1 atom stereocenters. The van der Waals surface area contributed by atoms with Crippen molar-refractivity contribution in [3.05, 3.63) is 24.3 Å². The molecule has 0 spiro atoms. The van der Waals surface area contributed by atoms with E-state index in [-0.39, 0.29) is 11.8 Å². The molecule has 1 saturated carbocycles. The number of hydrogen-bond acceptors (Lipinski definition) is 3. The highest BCUT2D eigenvalue weighted by molar-refractivity contribution is 5.94. The summed E-state index contributed by atoms with van der Waals surface area (Å²) in [6.45, 7) is 3.44. The maximum Gasteiger partial charge on any atom is 0.227 e. The van der Waals surface area contributed by atoms with Crippen molar-refractivity contribution in [2.45, 2.75) is 25.7 Å². The Morgan fingerprint density at radius 1 is 1.19 bits per heavy atom. The first kappa shape index (κ1) is 14.4. The Balaban J connectivity index is 1.46. The first-order valence-electron chi connectivity index (χ1n) is 8.04. The summed E-state index contributed by atoms with van der Waals surface area (Å²) in [6.07, 6.45) is 4.70. The van der Waals surface area contributed by atoms with E-state index in [4.69, 9.17) is 0 Å². The van der Waals surface area contributed by atoms with Gasteiger partial charge in [0.05, 0.1) is 0 Å². The Kier molecular flexibility index (Phi) is 4.44. The van der Waals surface area contributed by atoms with E-state index in [0.717, 1.165) is 36.7 Å². The third-order valence-electron chi connectivity index (χ3n) is 4.42. The zero-order chi connectivity index (χ0) is 14.7. The van der Waals surface area contributed by atoms with Gasteiger partial charge in [-0.25, -0.2) is 0 Å². The molecule has 1 heterocycles. The number of carbonyl (C=O) groups is 1. The topological polar surface area (TPSA) is 44.4 Å². The summed E-state index contributed by atoms with van der Waals surface area (Å²) in [5, 5.41) is 6.48. The van der Waals surface area contributed by atoms with Crippen molar-refractivity contribution < 1.29 is 4.79 Å². The number of piperidine rings is 1. The van der Waals surface area contributed by atoms with Gasteiger partial charge < -0.3 is 15.5 Å². The van der Waals surface area contributed by atoms with Crippen LogP contribution in [0.4, 0.5) is 11.4 Å². The van der Waals surface area contributed by atoms with Crippen molar-refractivity contribution in [1.82, 2.24) is 4.90 Å². The second kappa shape index (κ2) is 6.48. The number of rotatable bonds is 5. The van der Waals surface area contributed by atoms with Crippen LogP contribution in [0.1, 0.15) is 25.7 Å². The van der Waals surface area contributed by atoms with Crippen LogP contribution in [0, 0.1) is 11.8 Å². The number of anilines is 2. The minimum absolute atomic E-state index is 0.168. The molecule has 1 unspecified atom stereocenters. The Bertz CT molecular complexity index is 481. The zero-order valence-electron chi connectivity index (χ0n) is 12.8. The van der Waals surface area contributed by atoms with Crippen LogP contribution < -0.4 is 10.6 Å². The molecule has 4 heteroatoms. The van der Waals surface area contributed by atoms with Gasteiger partial charge in [0, 0.05) is 30.4 Å². The maximum absolute atomic E-state index is 11.7. The molecule has 0 radical (unpaired) electrons. The van der Waals surface area contributed by atoms with Crippen LogP contribution in [-0.2, 0) is 4.79 Å². The Morgan fingerprint density at radius 3 is 2.57 bits per heavy atom. The molecule has 0 bridgehead atoms. The Hall–Kier alpha value is -1.55. The predicted octanol–water partition coefficient (Wildman–Crippen LogP) is 2.79. The molecule has 1 aromatic rings.